The molecule has 0 unspecified atom stereocenters. The predicted octanol–water partition coefficient (Wildman–Crippen LogP) is 6.15. The lowest BCUT2D eigenvalue weighted by atomic mass is 10.0. The number of urea groups is 1. The van der Waals surface area contributed by atoms with Gasteiger partial charge in [-0.05, 0) is 35.4 Å². The molecular formula is C22H26ClN3O4S3. The van der Waals surface area contributed by atoms with E-state index in [-0.39, 0.29) is 15.1 Å². The van der Waals surface area contributed by atoms with Gasteiger partial charge in [0.15, 0.2) is 20.8 Å². The van der Waals surface area contributed by atoms with Gasteiger partial charge in [-0.3, -0.25) is 10.1 Å². The van der Waals surface area contributed by atoms with Crippen LogP contribution >= 0.6 is 33.8 Å². The van der Waals surface area contributed by atoms with Crippen LogP contribution in [0.25, 0.3) is 0 Å². The monoisotopic (exact) mass is 527 g/mol. The van der Waals surface area contributed by atoms with Crippen molar-refractivity contribution in [3.63, 3.8) is 0 Å². The number of halogens is 1. The zero-order valence-corrected chi connectivity index (χ0v) is 21.6. The fraction of sp³-hybridized carbons (Fsp3) is 0.318. The quantitative estimate of drug-likeness (QED) is 0.195. The molecule has 2 heterocycles. The number of carbonyl (C=O) groups excluding carboxylic acids is 2. The SMILES string of the molecule is CCCCCC(=O)c1cc(Cl)ccc1NC(=O)Nc1nc(C[SH]2C=CC=C2)c(S(C)(=O)=O)s1. The smallest absolute Gasteiger partial charge is 0.307 e. The Labute approximate surface area is 205 Å². The average molecular weight is 528 g/mol. The van der Waals surface area contributed by atoms with Crippen molar-refractivity contribution in [2.24, 2.45) is 0 Å². The van der Waals surface area contributed by atoms with Crippen LogP contribution in [0.2, 0.25) is 5.02 Å². The van der Waals surface area contributed by atoms with E-state index in [1.165, 1.54) is 0 Å². The van der Waals surface area contributed by atoms with Gasteiger partial charge in [0.2, 0.25) is 0 Å². The first-order valence-electron chi connectivity index (χ1n) is 10.4. The van der Waals surface area contributed by atoms with Gasteiger partial charge in [-0.2, -0.15) is 0 Å². The summed E-state index contributed by atoms with van der Waals surface area (Å²) in [6, 6.07) is 4.09. The van der Waals surface area contributed by atoms with Gasteiger partial charge in [-0.25, -0.2) is 29.1 Å². The van der Waals surface area contributed by atoms with E-state index in [9.17, 15) is 18.0 Å². The molecule has 0 saturated heterocycles. The molecule has 0 bridgehead atoms. The molecule has 1 aliphatic heterocycles. The molecule has 11 heteroatoms. The van der Waals surface area contributed by atoms with Gasteiger partial charge in [-0.1, -0.05) is 54.9 Å². The van der Waals surface area contributed by atoms with Gasteiger partial charge in [0.25, 0.3) is 0 Å². The summed E-state index contributed by atoms with van der Waals surface area (Å²) in [5.74, 6) is 0.384. The van der Waals surface area contributed by atoms with E-state index >= 15 is 0 Å². The highest BCUT2D eigenvalue weighted by Gasteiger charge is 2.22. The summed E-state index contributed by atoms with van der Waals surface area (Å²) in [5.41, 5.74) is 1.12. The van der Waals surface area contributed by atoms with Gasteiger partial charge in [0, 0.05) is 29.0 Å². The number of aromatic nitrogens is 1. The molecule has 33 heavy (non-hydrogen) atoms. The highest BCUT2D eigenvalue weighted by molar-refractivity contribution is 8.21. The van der Waals surface area contributed by atoms with Crippen molar-refractivity contribution in [3.05, 3.63) is 57.4 Å². The van der Waals surface area contributed by atoms with Crippen LogP contribution in [0.5, 0.6) is 0 Å². The number of amides is 2. The topological polar surface area (TPSA) is 105 Å². The molecule has 0 spiro atoms. The van der Waals surface area contributed by atoms with E-state index < -0.39 is 26.8 Å². The normalized spacial score (nSPS) is 14.0. The second-order valence-electron chi connectivity index (χ2n) is 7.53. The number of nitrogens with one attached hydrogen (secondary N) is 2. The number of hydrogen-bond donors (Lipinski definition) is 3. The number of ketones is 1. The Morgan fingerprint density at radius 1 is 1.15 bits per heavy atom. The third-order valence-corrected chi connectivity index (χ3v) is 9.64. The van der Waals surface area contributed by atoms with Crippen LogP contribution in [0.1, 0.15) is 48.7 Å². The maximum absolute atomic E-state index is 12.6. The number of nitrogens with zero attached hydrogens (tertiary/aromatic N) is 1. The zero-order valence-electron chi connectivity index (χ0n) is 18.3. The van der Waals surface area contributed by atoms with Crippen molar-refractivity contribution in [2.75, 3.05) is 16.9 Å². The van der Waals surface area contributed by atoms with Gasteiger partial charge in [0.05, 0.1) is 11.4 Å². The van der Waals surface area contributed by atoms with E-state index in [1.54, 1.807) is 18.2 Å². The number of hydrogen-bond acceptors (Lipinski definition) is 6. The van der Waals surface area contributed by atoms with Crippen LogP contribution in [0.3, 0.4) is 0 Å². The van der Waals surface area contributed by atoms with E-state index in [0.29, 0.717) is 34.1 Å². The van der Waals surface area contributed by atoms with Crippen LogP contribution in [0.4, 0.5) is 15.6 Å². The van der Waals surface area contributed by atoms with Crippen LogP contribution < -0.4 is 10.6 Å². The van der Waals surface area contributed by atoms with Crippen molar-refractivity contribution in [2.45, 2.75) is 42.6 Å². The number of thiol groups is 1. The van der Waals surface area contributed by atoms with Crippen LogP contribution in [-0.4, -0.2) is 31.5 Å². The van der Waals surface area contributed by atoms with Gasteiger partial charge >= 0.3 is 6.03 Å². The van der Waals surface area contributed by atoms with Crippen molar-refractivity contribution < 1.29 is 18.0 Å². The number of unbranched alkanes of at least 4 members (excludes halogenated alkanes) is 2. The molecule has 2 aromatic rings. The standard InChI is InChI=1S/C22H26ClN3O4S3/c1-3-4-5-8-19(27)16-13-15(23)9-10-17(16)24-21(28)26-22-25-18(14-32-11-6-7-12-32)20(31-22)33(2,29)30/h6-7,9-13,32H,3-5,8,14H2,1-2H3,(H2,24,25,26,28). The number of Topliss-reactive ketones (excluding diaryl/α,β-unsaturated/α-hetero) is 1. The second-order valence-corrected chi connectivity index (χ2v) is 13.1. The third-order valence-electron chi connectivity index (χ3n) is 4.75. The summed E-state index contributed by atoms with van der Waals surface area (Å²) >= 11 is 6.99. The van der Waals surface area contributed by atoms with E-state index in [2.05, 4.69) is 22.5 Å². The number of allylic oxidation sites excluding steroid dienone is 2. The Morgan fingerprint density at radius 3 is 2.55 bits per heavy atom. The molecule has 2 amide bonds. The van der Waals surface area contributed by atoms with Crippen molar-refractivity contribution in [1.82, 2.24) is 4.98 Å². The summed E-state index contributed by atoms with van der Waals surface area (Å²) in [4.78, 5) is 29.7. The molecular weight excluding hydrogens is 502 g/mol. The molecule has 3 rings (SSSR count). The first-order valence-corrected chi connectivity index (χ1v) is 15.1. The van der Waals surface area contributed by atoms with Gasteiger partial charge in [-0.15, -0.1) is 0 Å². The summed E-state index contributed by atoms with van der Waals surface area (Å²) in [7, 11) is -4.11. The molecule has 7 nitrogen and oxygen atoms in total. The van der Waals surface area contributed by atoms with Gasteiger partial charge < -0.3 is 5.32 Å². The highest BCUT2D eigenvalue weighted by atomic mass is 35.5. The Morgan fingerprint density at radius 2 is 1.88 bits per heavy atom. The molecule has 1 aromatic carbocycles. The molecule has 0 atom stereocenters. The lowest BCUT2D eigenvalue weighted by Crippen LogP contribution is -2.21. The van der Waals surface area contributed by atoms with E-state index in [4.69, 9.17) is 11.6 Å². The number of thiazole rings is 1. The second kappa shape index (κ2) is 11.3. The maximum Gasteiger partial charge on any atom is 0.325 e. The maximum atomic E-state index is 12.6. The Bertz CT molecular complexity index is 1190. The van der Waals surface area contributed by atoms with Crippen molar-refractivity contribution in [3.8, 4) is 0 Å². The molecule has 178 valence electrons. The van der Waals surface area contributed by atoms with Crippen LogP contribution in [0.15, 0.2) is 45.4 Å². The molecule has 0 radical (unpaired) electrons. The Balaban J connectivity index is 1.76. The number of benzene rings is 1. The number of sulfone groups is 1. The Hall–Kier alpha value is -2.14. The summed E-state index contributed by atoms with van der Waals surface area (Å²) < 4.78 is 24.6. The first kappa shape index (κ1) is 25.5. The van der Waals surface area contributed by atoms with Crippen LogP contribution in [-0.2, 0) is 15.6 Å². The minimum absolute atomic E-state index is 0.0999. The molecule has 2 N–H and O–H groups in total. The molecule has 1 aliphatic rings. The molecule has 1 aromatic heterocycles. The highest BCUT2D eigenvalue weighted by Crippen LogP contribution is 2.40. The fourth-order valence-corrected chi connectivity index (χ4v) is 7.22. The largest absolute Gasteiger partial charge is 0.325 e. The third kappa shape index (κ3) is 7.17. The average Bonchev–Trinajstić information content (AvgIpc) is 3.39. The van der Waals surface area contributed by atoms with Crippen LogP contribution in [0, 0.1) is 0 Å². The lowest BCUT2D eigenvalue weighted by molar-refractivity contribution is 0.0980. The fourth-order valence-electron chi connectivity index (χ4n) is 3.21. The van der Waals surface area contributed by atoms with Crippen molar-refractivity contribution in [1.29, 1.82) is 0 Å². The minimum atomic E-state index is -3.50. The summed E-state index contributed by atoms with van der Waals surface area (Å²) in [6.07, 6.45) is 8.05. The Kier molecular flexibility index (Phi) is 8.75. The molecule has 0 aliphatic carbocycles. The molecule has 0 saturated carbocycles. The molecule has 0 fully saturated rings. The summed E-state index contributed by atoms with van der Waals surface area (Å²) in [5, 5.41) is 9.90. The number of carbonyl (C=O) groups is 2. The van der Waals surface area contributed by atoms with E-state index in [0.717, 1.165) is 36.9 Å². The van der Waals surface area contributed by atoms with E-state index in [1.807, 2.05) is 23.0 Å². The number of anilines is 2. The van der Waals surface area contributed by atoms with Gasteiger partial charge in [0.1, 0.15) is 4.21 Å². The first-order chi connectivity index (χ1) is 15.7. The summed E-state index contributed by atoms with van der Waals surface area (Å²) in [6.45, 7) is 2.06. The zero-order chi connectivity index (χ0) is 24.0. The lowest BCUT2D eigenvalue weighted by Gasteiger charge is -2.11. The minimum Gasteiger partial charge on any atom is -0.307 e. The predicted molar refractivity (Wildman–Crippen MR) is 139 cm³/mol. The van der Waals surface area contributed by atoms with Crippen molar-refractivity contribution >= 4 is 66.3 Å². The number of rotatable bonds is 10.